The second-order valence-electron chi connectivity index (χ2n) is 6.53. The topological polar surface area (TPSA) is 254 Å². The van der Waals surface area contributed by atoms with Crippen molar-refractivity contribution in [3.05, 3.63) is 35.4 Å². The number of benzene rings is 2. The maximum Gasteiger partial charge on any atom is 0.305 e. The first-order chi connectivity index (χ1) is 15.8. The number of aliphatic carboxylic acids is 2. The lowest BCUT2D eigenvalue weighted by molar-refractivity contribution is -0.137. The number of carboxylic acid groups (broad SMARTS) is 2. The van der Waals surface area contributed by atoms with Crippen molar-refractivity contribution >= 4 is 23.8 Å². The van der Waals surface area contributed by atoms with E-state index in [2.05, 4.69) is 10.6 Å². The molecule has 14 nitrogen and oxygen atoms in total. The highest BCUT2D eigenvalue weighted by Crippen LogP contribution is 2.36. The SMILES string of the molecule is O=C(O)CCNC(=O)c1cc(O)c(O)c(O)c1.O=C(O)CCNC(=O)c1cc(O)c(O)c(O)c1. The highest BCUT2D eigenvalue weighted by Gasteiger charge is 2.14. The molecule has 184 valence electrons. The largest absolute Gasteiger partial charge is 0.504 e. The van der Waals surface area contributed by atoms with Crippen molar-refractivity contribution in [2.75, 3.05) is 13.1 Å². The molecule has 0 bridgehead atoms. The van der Waals surface area contributed by atoms with Crippen molar-refractivity contribution in [2.24, 2.45) is 0 Å². The van der Waals surface area contributed by atoms with Crippen LogP contribution in [0.1, 0.15) is 33.6 Å². The Morgan fingerprint density at radius 3 is 1.06 bits per heavy atom. The molecule has 0 heterocycles. The zero-order chi connectivity index (χ0) is 26.0. The second kappa shape index (κ2) is 12.2. The average molecular weight is 482 g/mol. The first-order valence-electron chi connectivity index (χ1n) is 9.33. The van der Waals surface area contributed by atoms with Gasteiger partial charge in [0.15, 0.2) is 34.5 Å². The van der Waals surface area contributed by atoms with Gasteiger partial charge in [-0.3, -0.25) is 19.2 Å². The van der Waals surface area contributed by atoms with Gasteiger partial charge in [0.25, 0.3) is 11.8 Å². The van der Waals surface area contributed by atoms with Crippen molar-refractivity contribution in [1.29, 1.82) is 0 Å². The molecule has 10 N–H and O–H groups in total. The van der Waals surface area contributed by atoms with Crippen LogP contribution in [0.15, 0.2) is 24.3 Å². The van der Waals surface area contributed by atoms with E-state index in [1.807, 2.05) is 0 Å². The predicted molar refractivity (Wildman–Crippen MR) is 112 cm³/mol. The van der Waals surface area contributed by atoms with E-state index in [1.165, 1.54) is 0 Å². The number of carboxylic acids is 2. The highest BCUT2D eigenvalue weighted by molar-refractivity contribution is 5.96. The van der Waals surface area contributed by atoms with Crippen molar-refractivity contribution in [3.63, 3.8) is 0 Å². The summed E-state index contributed by atoms with van der Waals surface area (Å²) in [5.74, 6) is -7.38. The number of hydrogen-bond donors (Lipinski definition) is 10. The van der Waals surface area contributed by atoms with E-state index in [0.29, 0.717) is 0 Å². The standard InChI is InChI=1S/2C10H11NO6/c2*12-6-3-5(4-7(13)9(6)16)10(17)11-2-1-8(14)15/h2*3-4,12-13,16H,1-2H2,(H,11,17)(H,14,15). The summed E-state index contributed by atoms with van der Waals surface area (Å²) in [7, 11) is 0. The van der Waals surface area contributed by atoms with Gasteiger partial charge in [0.05, 0.1) is 12.8 Å². The Balaban J connectivity index is 0.000000340. The van der Waals surface area contributed by atoms with E-state index in [4.69, 9.17) is 40.9 Å². The predicted octanol–water partition coefficient (Wildman–Crippen LogP) is 0.0158. The lowest BCUT2D eigenvalue weighted by atomic mass is 10.1. The fraction of sp³-hybridized carbons (Fsp3) is 0.200. The molecular formula is C20H22N2O12. The minimum atomic E-state index is -1.05. The molecule has 0 fully saturated rings. The molecule has 34 heavy (non-hydrogen) atoms. The first-order valence-corrected chi connectivity index (χ1v) is 9.33. The molecule has 0 aliphatic rings. The number of phenolic OH excluding ortho intramolecular Hbond substituents is 6. The number of amides is 2. The zero-order valence-corrected chi connectivity index (χ0v) is 17.3. The monoisotopic (exact) mass is 482 g/mol. The molecule has 0 radical (unpaired) electrons. The van der Waals surface area contributed by atoms with E-state index < -0.39 is 58.3 Å². The van der Waals surface area contributed by atoms with Crippen LogP contribution in [0.2, 0.25) is 0 Å². The Hall–Kier alpha value is -4.88. The second-order valence-corrected chi connectivity index (χ2v) is 6.53. The Morgan fingerprint density at radius 2 is 0.824 bits per heavy atom. The molecule has 0 atom stereocenters. The summed E-state index contributed by atoms with van der Waals surface area (Å²) in [6, 6.07) is 3.85. The number of phenols is 6. The van der Waals surface area contributed by atoms with Crippen molar-refractivity contribution in [3.8, 4) is 34.5 Å². The summed E-state index contributed by atoms with van der Waals surface area (Å²) in [5, 5.41) is 76.0. The van der Waals surface area contributed by atoms with Crippen LogP contribution in [0.25, 0.3) is 0 Å². The summed E-state index contributed by atoms with van der Waals surface area (Å²) in [5.41, 5.74) is -0.161. The number of rotatable bonds is 8. The van der Waals surface area contributed by atoms with Crippen LogP contribution >= 0.6 is 0 Å². The zero-order valence-electron chi connectivity index (χ0n) is 17.3. The van der Waals surface area contributed by atoms with Crippen LogP contribution < -0.4 is 10.6 Å². The molecule has 0 aliphatic heterocycles. The van der Waals surface area contributed by atoms with E-state index in [0.717, 1.165) is 24.3 Å². The summed E-state index contributed by atoms with van der Waals surface area (Å²) in [6.45, 7) is -0.146. The summed E-state index contributed by atoms with van der Waals surface area (Å²) >= 11 is 0. The van der Waals surface area contributed by atoms with Gasteiger partial charge in [-0.25, -0.2) is 0 Å². The van der Waals surface area contributed by atoms with Crippen molar-refractivity contribution in [2.45, 2.75) is 12.8 Å². The normalized spacial score (nSPS) is 9.88. The molecule has 0 saturated carbocycles. The molecule has 0 unspecified atom stereocenters. The number of carbonyl (C=O) groups excluding carboxylic acids is 2. The van der Waals surface area contributed by atoms with Gasteiger partial charge in [-0.2, -0.15) is 0 Å². The summed E-state index contributed by atoms with van der Waals surface area (Å²) in [4.78, 5) is 43.3. The van der Waals surface area contributed by atoms with E-state index in [1.54, 1.807) is 0 Å². The van der Waals surface area contributed by atoms with E-state index in [-0.39, 0.29) is 37.1 Å². The van der Waals surface area contributed by atoms with Gasteiger partial charge in [0.1, 0.15) is 0 Å². The molecule has 14 heteroatoms. The van der Waals surface area contributed by atoms with Crippen LogP contribution in [0.4, 0.5) is 0 Å². The van der Waals surface area contributed by atoms with Crippen LogP contribution in [0, 0.1) is 0 Å². The van der Waals surface area contributed by atoms with E-state index >= 15 is 0 Å². The van der Waals surface area contributed by atoms with Crippen LogP contribution in [0.5, 0.6) is 34.5 Å². The smallest absolute Gasteiger partial charge is 0.305 e. The summed E-state index contributed by atoms with van der Waals surface area (Å²) < 4.78 is 0. The average Bonchev–Trinajstić information content (AvgIpc) is 2.74. The van der Waals surface area contributed by atoms with Gasteiger partial charge >= 0.3 is 11.9 Å². The number of nitrogens with one attached hydrogen (secondary N) is 2. The van der Waals surface area contributed by atoms with Crippen molar-refractivity contribution in [1.82, 2.24) is 10.6 Å². The first kappa shape index (κ1) is 27.2. The third-order valence-corrected chi connectivity index (χ3v) is 3.91. The van der Waals surface area contributed by atoms with Crippen LogP contribution in [-0.4, -0.2) is 77.7 Å². The van der Waals surface area contributed by atoms with Crippen LogP contribution in [0.3, 0.4) is 0 Å². The number of carbonyl (C=O) groups is 4. The highest BCUT2D eigenvalue weighted by atomic mass is 16.4. The lowest BCUT2D eigenvalue weighted by Crippen LogP contribution is -2.25. The molecule has 0 aromatic heterocycles. The maximum atomic E-state index is 11.4. The maximum absolute atomic E-state index is 11.4. The number of aromatic hydroxyl groups is 6. The number of hydrogen-bond acceptors (Lipinski definition) is 10. The molecule has 2 aromatic rings. The molecule has 0 spiro atoms. The third kappa shape index (κ3) is 8.33. The molecule has 0 aliphatic carbocycles. The van der Waals surface area contributed by atoms with Crippen LogP contribution in [-0.2, 0) is 9.59 Å². The van der Waals surface area contributed by atoms with Gasteiger partial charge in [-0.15, -0.1) is 0 Å². The minimum Gasteiger partial charge on any atom is -0.504 e. The summed E-state index contributed by atoms with van der Waals surface area (Å²) in [6.07, 6.45) is -0.469. The molecule has 0 saturated heterocycles. The van der Waals surface area contributed by atoms with E-state index in [9.17, 15) is 19.2 Å². The molecule has 2 amide bonds. The minimum absolute atomic E-state index is 0.0729. The fourth-order valence-corrected chi connectivity index (χ4v) is 2.24. The quantitative estimate of drug-likeness (QED) is 0.223. The van der Waals surface area contributed by atoms with Gasteiger partial charge < -0.3 is 51.5 Å². The lowest BCUT2D eigenvalue weighted by Gasteiger charge is -2.06. The Bertz CT molecular complexity index is 952. The van der Waals surface area contributed by atoms with Gasteiger partial charge in [-0.1, -0.05) is 0 Å². The van der Waals surface area contributed by atoms with Gasteiger partial charge in [-0.05, 0) is 24.3 Å². The Labute approximate surface area is 191 Å². The Kier molecular flexibility index (Phi) is 9.77. The molecule has 2 rings (SSSR count). The van der Waals surface area contributed by atoms with Crippen molar-refractivity contribution < 1.29 is 60.0 Å². The Morgan fingerprint density at radius 1 is 0.559 bits per heavy atom. The fourth-order valence-electron chi connectivity index (χ4n) is 2.24. The molecule has 2 aromatic carbocycles. The van der Waals surface area contributed by atoms with Gasteiger partial charge in [0, 0.05) is 24.2 Å². The third-order valence-electron chi connectivity index (χ3n) is 3.91. The molecular weight excluding hydrogens is 460 g/mol. The van der Waals surface area contributed by atoms with Gasteiger partial charge in [0.2, 0.25) is 0 Å².